The quantitative estimate of drug-likeness (QED) is 0.440. The predicted octanol–water partition coefficient (Wildman–Crippen LogP) is 3.42. The summed E-state index contributed by atoms with van der Waals surface area (Å²) in [6.07, 6.45) is 1.41. The lowest BCUT2D eigenvalue weighted by Crippen LogP contribution is -2.30. The number of furan rings is 1. The molecular weight excluding hydrogens is 382 g/mol. The summed E-state index contributed by atoms with van der Waals surface area (Å²) in [6.45, 7) is 1.87. The lowest BCUT2D eigenvalue weighted by atomic mass is 10.3. The fourth-order valence-electron chi connectivity index (χ4n) is 1.75. The highest BCUT2D eigenvalue weighted by Gasteiger charge is 2.14. The molecule has 1 aromatic heterocycles. The molecule has 1 aromatic carbocycles. The van der Waals surface area contributed by atoms with Crippen molar-refractivity contribution < 1.29 is 18.7 Å². The highest BCUT2D eigenvalue weighted by Crippen LogP contribution is 2.19. The molecule has 0 unspecified atom stereocenters. The molecule has 23 heavy (non-hydrogen) atoms. The van der Waals surface area contributed by atoms with Gasteiger partial charge in [0.25, 0.3) is 5.91 Å². The topological polar surface area (TPSA) is 68.5 Å². The van der Waals surface area contributed by atoms with Gasteiger partial charge < -0.3 is 14.5 Å². The number of rotatable bonds is 7. The van der Waals surface area contributed by atoms with Crippen LogP contribution in [0.3, 0.4) is 0 Å². The highest BCUT2D eigenvalue weighted by atomic mass is 79.9. The van der Waals surface area contributed by atoms with Crippen molar-refractivity contribution in [2.24, 2.45) is 0 Å². The Morgan fingerprint density at radius 2 is 2.00 bits per heavy atom. The van der Waals surface area contributed by atoms with Crippen LogP contribution in [0.25, 0.3) is 0 Å². The van der Waals surface area contributed by atoms with Crippen LogP contribution in [0.15, 0.2) is 50.4 Å². The number of hydrogen-bond acceptors (Lipinski definition) is 5. The van der Waals surface area contributed by atoms with Crippen LogP contribution in [0.4, 0.5) is 0 Å². The summed E-state index contributed by atoms with van der Waals surface area (Å²) in [4.78, 5) is 24.5. The molecule has 122 valence electrons. The molecule has 1 heterocycles. The number of nitrogens with one attached hydrogen (secondary N) is 1. The van der Waals surface area contributed by atoms with Crippen molar-refractivity contribution in [3.05, 3.63) is 52.4 Å². The van der Waals surface area contributed by atoms with Gasteiger partial charge in [0, 0.05) is 21.7 Å². The van der Waals surface area contributed by atoms with Crippen LogP contribution in [0.5, 0.6) is 0 Å². The maximum atomic E-state index is 11.7. The summed E-state index contributed by atoms with van der Waals surface area (Å²) in [6, 6.07) is 9.47. The minimum absolute atomic E-state index is 0.299. The number of benzene rings is 1. The SMILES string of the molecule is Cc1occc1C(=O)OCC(=O)NCCSc1ccc(Br)cc1. The molecule has 0 aliphatic rings. The molecule has 0 aliphatic heterocycles. The third kappa shape index (κ3) is 5.76. The van der Waals surface area contributed by atoms with Gasteiger partial charge in [-0.2, -0.15) is 0 Å². The zero-order valence-corrected chi connectivity index (χ0v) is 14.9. The molecule has 7 heteroatoms. The first-order valence-electron chi connectivity index (χ1n) is 6.92. The van der Waals surface area contributed by atoms with Crippen LogP contribution in [0, 0.1) is 6.92 Å². The Morgan fingerprint density at radius 3 is 2.65 bits per heavy atom. The van der Waals surface area contributed by atoms with Gasteiger partial charge in [-0.25, -0.2) is 4.79 Å². The molecule has 2 rings (SSSR count). The number of esters is 1. The normalized spacial score (nSPS) is 10.3. The fourth-order valence-corrected chi connectivity index (χ4v) is 2.78. The summed E-state index contributed by atoms with van der Waals surface area (Å²) in [7, 11) is 0. The Bertz CT molecular complexity index is 669. The molecule has 0 spiro atoms. The number of hydrogen-bond donors (Lipinski definition) is 1. The summed E-state index contributed by atoms with van der Waals surface area (Å²) >= 11 is 5.02. The Hall–Kier alpha value is -1.73. The zero-order valence-electron chi connectivity index (χ0n) is 12.5. The van der Waals surface area contributed by atoms with E-state index in [0.717, 1.165) is 15.1 Å². The summed E-state index contributed by atoms with van der Waals surface area (Å²) < 4.78 is 11.0. The number of halogens is 1. The average molecular weight is 398 g/mol. The van der Waals surface area contributed by atoms with Crippen molar-refractivity contribution >= 4 is 39.6 Å². The molecule has 0 atom stereocenters. The molecule has 5 nitrogen and oxygen atoms in total. The number of thioether (sulfide) groups is 1. The second-order valence-corrected chi connectivity index (χ2v) is 6.70. The van der Waals surface area contributed by atoms with Crippen LogP contribution in [-0.2, 0) is 9.53 Å². The van der Waals surface area contributed by atoms with Gasteiger partial charge in [-0.15, -0.1) is 11.8 Å². The fraction of sp³-hybridized carbons (Fsp3) is 0.250. The molecule has 0 saturated carbocycles. The smallest absolute Gasteiger partial charge is 0.342 e. The summed E-state index contributed by atoms with van der Waals surface area (Å²) in [5.41, 5.74) is 0.337. The van der Waals surface area contributed by atoms with Crippen molar-refractivity contribution in [3.8, 4) is 0 Å². The van der Waals surface area contributed by atoms with Crippen molar-refractivity contribution in [2.45, 2.75) is 11.8 Å². The molecule has 0 fully saturated rings. The third-order valence-corrected chi connectivity index (χ3v) is 4.46. The van der Waals surface area contributed by atoms with E-state index in [4.69, 9.17) is 9.15 Å². The van der Waals surface area contributed by atoms with E-state index in [1.165, 1.54) is 12.3 Å². The Balaban J connectivity index is 1.62. The molecule has 0 aliphatic carbocycles. The van der Waals surface area contributed by atoms with Gasteiger partial charge >= 0.3 is 5.97 Å². The van der Waals surface area contributed by atoms with E-state index in [9.17, 15) is 9.59 Å². The first kappa shape index (κ1) is 17.6. The third-order valence-electron chi connectivity index (χ3n) is 2.92. The van der Waals surface area contributed by atoms with Crippen LogP contribution < -0.4 is 5.32 Å². The molecule has 1 amide bonds. The van der Waals surface area contributed by atoms with Gasteiger partial charge in [-0.05, 0) is 37.3 Å². The summed E-state index contributed by atoms with van der Waals surface area (Å²) in [5.74, 6) is 0.329. The van der Waals surface area contributed by atoms with Gasteiger partial charge in [0.05, 0.1) is 6.26 Å². The maximum Gasteiger partial charge on any atom is 0.342 e. The molecular formula is C16H16BrNO4S. The van der Waals surface area contributed by atoms with Crippen molar-refractivity contribution in [3.63, 3.8) is 0 Å². The van der Waals surface area contributed by atoms with Gasteiger partial charge in [-0.3, -0.25) is 4.79 Å². The number of ether oxygens (including phenoxy) is 1. The number of aryl methyl sites for hydroxylation is 1. The van der Waals surface area contributed by atoms with Crippen molar-refractivity contribution in [1.29, 1.82) is 0 Å². The Morgan fingerprint density at radius 1 is 1.26 bits per heavy atom. The van der Waals surface area contributed by atoms with Gasteiger partial charge in [0.1, 0.15) is 11.3 Å². The van der Waals surface area contributed by atoms with Gasteiger partial charge in [-0.1, -0.05) is 15.9 Å². The minimum Gasteiger partial charge on any atom is -0.469 e. The molecule has 1 N–H and O–H groups in total. The van der Waals surface area contributed by atoms with Crippen molar-refractivity contribution in [1.82, 2.24) is 5.32 Å². The maximum absolute atomic E-state index is 11.7. The van der Waals surface area contributed by atoms with E-state index in [1.807, 2.05) is 24.3 Å². The van der Waals surface area contributed by atoms with E-state index < -0.39 is 5.97 Å². The van der Waals surface area contributed by atoms with E-state index >= 15 is 0 Å². The minimum atomic E-state index is -0.560. The standard InChI is InChI=1S/C16H16BrNO4S/c1-11-14(6-8-21-11)16(20)22-10-15(19)18-7-9-23-13-4-2-12(17)3-5-13/h2-6,8H,7,9-10H2,1H3,(H,18,19). The van der Waals surface area contributed by atoms with Crippen LogP contribution in [-0.4, -0.2) is 30.8 Å². The van der Waals surface area contributed by atoms with Gasteiger partial charge in [0.2, 0.25) is 0 Å². The predicted molar refractivity (Wildman–Crippen MR) is 91.6 cm³/mol. The van der Waals surface area contributed by atoms with Gasteiger partial charge in [0.15, 0.2) is 6.61 Å². The average Bonchev–Trinajstić information content (AvgIpc) is 2.97. The first-order chi connectivity index (χ1) is 11.1. The number of carbonyl (C=O) groups is 2. The van der Waals surface area contributed by atoms with E-state index in [0.29, 0.717) is 17.9 Å². The monoisotopic (exact) mass is 397 g/mol. The van der Waals surface area contributed by atoms with E-state index in [1.54, 1.807) is 18.7 Å². The lowest BCUT2D eigenvalue weighted by molar-refractivity contribution is -0.124. The van der Waals surface area contributed by atoms with E-state index in [-0.39, 0.29) is 12.5 Å². The van der Waals surface area contributed by atoms with Crippen LogP contribution in [0.1, 0.15) is 16.1 Å². The number of carbonyl (C=O) groups excluding carboxylic acids is 2. The Labute approximate surface area is 146 Å². The second kappa shape index (κ2) is 8.79. The lowest BCUT2D eigenvalue weighted by Gasteiger charge is -2.06. The molecule has 0 saturated heterocycles. The van der Waals surface area contributed by atoms with Crippen LogP contribution in [0.2, 0.25) is 0 Å². The first-order valence-corrected chi connectivity index (χ1v) is 8.70. The van der Waals surface area contributed by atoms with E-state index in [2.05, 4.69) is 21.2 Å². The molecule has 2 aromatic rings. The molecule has 0 radical (unpaired) electrons. The highest BCUT2D eigenvalue weighted by molar-refractivity contribution is 9.10. The van der Waals surface area contributed by atoms with Crippen LogP contribution >= 0.6 is 27.7 Å². The summed E-state index contributed by atoms with van der Waals surface area (Å²) in [5, 5.41) is 2.71. The largest absolute Gasteiger partial charge is 0.469 e. The van der Waals surface area contributed by atoms with Crippen molar-refractivity contribution in [2.75, 3.05) is 18.9 Å². The second-order valence-electron chi connectivity index (χ2n) is 4.62. The number of amides is 1. The Kier molecular flexibility index (Phi) is 6.73. The molecule has 0 bridgehead atoms. The zero-order chi connectivity index (χ0) is 16.7.